The second-order valence-electron chi connectivity index (χ2n) is 8.52. The number of carbonyl (C=O) groups is 2. The van der Waals surface area contributed by atoms with E-state index < -0.39 is 6.10 Å². The maximum atomic E-state index is 13.4. The van der Waals surface area contributed by atoms with Crippen LogP contribution < -0.4 is 0 Å². The van der Waals surface area contributed by atoms with Gasteiger partial charge in [-0.2, -0.15) is 5.10 Å². The van der Waals surface area contributed by atoms with Crippen LogP contribution in [0.25, 0.3) is 0 Å². The lowest BCUT2D eigenvalue weighted by atomic mass is 9.91. The number of piperidine rings is 1. The second kappa shape index (κ2) is 8.22. The van der Waals surface area contributed by atoms with Gasteiger partial charge in [-0.15, -0.1) is 0 Å². The number of carbonyl (C=O) groups excluding carboxylic acids is 2. The van der Waals surface area contributed by atoms with Gasteiger partial charge in [0.05, 0.1) is 24.1 Å². The monoisotopic (exact) mass is 408 g/mol. The van der Waals surface area contributed by atoms with Crippen LogP contribution in [0.2, 0.25) is 0 Å². The minimum Gasteiger partial charge on any atom is -0.363 e. The van der Waals surface area contributed by atoms with Gasteiger partial charge >= 0.3 is 0 Å². The zero-order valence-corrected chi connectivity index (χ0v) is 17.2. The van der Waals surface area contributed by atoms with Gasteiger partial charge in [0.15, 0.2) is 6.10 Å². The minimum absolute atomic E-state index is 0.0267. The molecule has 0 saturated carbocycles. The van der Waals surface area contributed by atoms with Gasteiger partial charge in [0.2, 0.25) is 0 Å². The molecule has 7 nitrogen and oxygen atoms in total. The first-order valence-corrected chi connectivity index (χ1v) is 11.0. The Kier molecular flexibility index (Phi) is 5.29. The Balaban J connectivity index is 1.33. The van der Waals surface area contributed by atoms with E-state index in [1.807, 2.05) is 28.0 Å². The molecule has 0 radical (unpaired) electrons. The number of benzene rings is 1. The van der Waals surface area contributed by atoms with E-state index in [0.717, 1.165) is 63.0 Å². The molecular formula is C23H28N4O3. The number of amides is 2. The number of nitrogens with one attached hydrogen (secondary N) is 1. The summed E-state index contributed by atoms with van der Waals surface area (Å²) in [6.07, 6.45) is 5.94. The third kappa shape index (κ3) is 3.51. The molecule has 0 unspecified atom stereocenters. The van der Waals surface area contributed by atoms with Gasteiger partial charge in [-0.3, -0.25) is 14.7 Å². The van der Waals surface area contributed by atoms with Crippen molar-refractivity contribution in [3.63, 3.8) is 0 Å². The molecule has 4 heterocycles. The van der Waals surface area contributed by atoms with E-state index in [4.69, 9.17) is 4.74 Å². The number of H-pyrrole nitrogens is 1. The number of hydrogen-bond donors (Lipinski definition) is 1. The molecule has 5 rings (SSSR count). The number of rotatable bonds is 3. The number of likely N-dealkylation sites (tertiary alicyclic amines) is 2. The fraction of sp³-hybridized carbons (Fsp3) is 0.522. The van der Waals surface area contributed by atoms with Crippen molar-refractivity contribution >= 4 is 11.8 Å². The van der Waals surface area contributed by atoms with E-state index in [2.05, 4.69) is 16.3 Å². The van der Waals surface area contributed by atoms with Crippen LogP contribution >= 0.6 is 0 Å². The molecule has 2 amide bonds. The number of ether oxygens (including phenoxy) is 1. The van der Waals surface area contributed by atoms with E-state index in [1.54, 1.807) is 6.20 Å². The molecule has 1 aromatic carbocycles. The summed E-state index contributed by atoms with van der Waals surface area (Å²) >= 11 is 0. The van der Waals surface area contributed by atoms with Crippen molar-refractivity contribution in [1.82, 2.24) is 20.0 Å². The molecule has 1 aromatic heterocycles. The van der Waals surface area contributed by atoms with Crippen LogP contribution in [0.4, 0.5) is 0 Å². The first-order valence-electron chi connectivity index (χ1n) is 11.0. The second-order valence-corrected chi connectivity index (χ2v) is 8.52. The third-order valence-electron chi connectivity index (χ3n) is 6.65. The number of fused-ring (bicyclic) bond motifs is 1. The van der Waals surface area contributed by atoms with Crippen LogP contribution in [0.3, 0.4) is 0 Å². The van der Waals surface area contributed by atoms with Gasteiger partial charge in [0.1, 0.15) is 0 Å². The molecule has 0 spiro atoms. The van der Waals surface area contributed by atoms with Crippen molar-refractivity contribution in [2.75, 3.05) is 32.8 Å². The van der Waals surface area contributed by atoms with Crippen LogP contribution in [0.5, 0.6) is 0 Å². The van der Waals surface area contributed by atoms with Crippen molar-refractivity contribution in [2.45, 2.75) is 44.1 Å². The molecular weight excluding hydrogens is 380 g/mol. The molecule has 7 heteroatoms. The molecule has 158 valence electrons. The Morgan fingerprint density at radius 3 is 2.73 bits per heavy atom. The number of nitrogens with zero attached hydrogens (tertiary/aromatic N) is 3. The van der Waals surface area contributed by atoms with Gasteiger partial charge in [-0.05, 0) is 43.2 Å². The lowest BCUT2D eigenvalue weighted by molar-refractivity contribution is -0.146. The predicted molar refractivity (Wildman–Crippen MR) is 111 cm³/mol. The van der Waals surface area contributed by atoms with Crippen molar-refractivity contribution in [1.29, 1.82) is 0 Å². The van der Waals surface area contributed by atoms with E-state index in [-0.39, 0.29) is 17.7 Å². The Morgan fingerprint density at radius 1 is 1.07 bits per heavy atom. The normalized spacial score (nSPS) is 24.0. The van der Waals surface area contributed by atoms with Crippen LogP contribution in [0, 0.1) is 0 Å². The quantitative estimate of drug-likeness (QED) is 0.847. The molecule has 2 aromatic rings. The standard InChI is InChI=1S/C23H28N4O3/c28-22(26-10-3-4-11-26)19-14-24-25-20(19)17-7-5-12-27(15-17)23(29)21-18-8-2-1-6-16(18)9-13-30-21/h1-2,6,8,14,17,21H,3-5,7,9-13,15H2,(H,24,25)/t17-,21+/m1/s1. The molecule has 0 bridgehead atoms. The van der Waals surface area contributed by atoms with Crippen LogP contribution in [-0.2, 0) is 16.0 Å². The zero-order chi connectivity index (χ0) is 20.5. The summed E-state index contributed by atoms with van der Waals surface area (Å²) in [6.45, 7) is 3.51. The summed E-state index contributed by atoms with van der Waals surface area (Å²) < 4.78 is 5.90. The molecule has 2 saturated heterocycles. The van der Waals surface area contributed by atoms with E-state index in [1.165, 1.54) is 5.56 Å². The fourth-order valence-electron chi connectivity index (χ4n) is 5.05. The summed E-state index contributed by atoms with van der Waals surface area (Å²) in [6, 6.07) is 8.06. The number of hydrogen-bond acceptors (Lipinski definition) is 4. The van der Waals surface area contributed by atoms with Crippen molar-refractivity contribution < 1.29 is 14.3 Å². The smallest absolute Gasteiger partial charge is 0.257 e. The summed E-state index contributed by atoms with van der Waals surface area (Å²) in [5.41, 5.74) is 3.72. The first kappa shape index (κ1) is 19.3. The highest BCUT2D eigenvalue weighted by Crippen LogP contribution is 2.33. The lowest BCUT2D eigenvalue weighted by Crippen LogP contribution is -2.43. The molecule has 3 aliphatic rings. The molecule has 2 fully saturated rings. The van der Waals surface area contributed by atoms with E-state index in [0.29, 0.717) is 18.7 Å². The van der Waals surface area contributed by atoms with Gasteiger partial charge in [-0.25, -0.2) is 0 Å². The van der Waals surface area contributed by atoms with Crippen molar-refractivity contribution in [3.8, 4) is 0 Å². The highest BCUT2D eigenvalue weighted by atomic mass is 16.5. The lowest BCUT2D eigenvalue weighted by Gasteiger charge is -2.36. The highest BCUT2D eigenvalue weighted by Gasteiger charge is 2.35. The molecule has 1 N–H and O–H groups in total. The summed E-state index contributed by atoms with van der Waals surface area (Å²) in [7, 11) is 0. The van der Waals surface area contributed by atoms with E-state index >= 15 is 0 Å². The fourth-order valence-corrected chi connectivity index (χ4v) is 5.05. The molecule has 0 aliphatic carbocycles. The molecule has 2 atom stereocenters. The first-order chi connectivity index (χ1) is 14.7. The van der Waals surface area contributed by atoms with Crippen LogP contribution in [-0.4, -0.2) is 64.6 Å². The Hall–Kier alpha value is -2.67. The van der Waals surface area contributed by atoms with Crippen LogP contribution in [0.15, 0.2) is 30.5 Å². The summed E-state index contributed by atoms with van der Waals surface area (Å²) in [5.74, 6) is 0.175. The Bertz CT molecular complexity index is 934. The number of aromatic amines is 1. The number of aromatic nitrogens is 2. The topological polar surface area (TPSA) is 78.5 Å². The molecule has 3 aliphatic heterocycles. The SMILES string of the molecule is O=C(c1cn[nH]c1[C@@H]1CCCN(C(=O)[C@H]2OCCc3ccccc32)C1)N1CCCC1. The summed E-state index contributed by atoms with van der Waals surface area (Å²) in [5, 5.41) is 7.25. The van der Waals surface area contributed by atoms with Crippen LogP contribution in [0.1, 0.15) is 64.9 Å². The zero-order valence-electron chi connectivity index (χ0n) is 17.2. The highest BCUT2D eigenvalue weighted by molar-refractivity contribution is 5.95. The minimum atomic E-state index is -0.527. The maximum Gasteiger partial charge on any atom is 0.257 e. The largest absolute Gasteiger partial charge is 0.363 e. The Morgan fingerprint density at radius 2 is 1.87 bits per heavy atom. The maximum absolute atomic E-state index is 13.4. The summed E-state index contributed by atoms with van der Waals surface area (Å²) in [4.78, 5) is 30.1. The predicted octanol–water partition coefficient (Wildman–Crippen LogP) is 2.67. The van der Waals surface area contributed by atoms with Gasteiger partial charge in [0, 0.05) is 32.1 Å². The molecule has 30 heavy (non-hydrogen) atoms. The third-order valence-corrected chi connectivity index (χ3v) is 6.65. The average molecular weight is 409 g/mol. The van der Waals surface area contributed by atoms with Crippen molar-refractivity contribution in [2.24, 2.45) is 0 Å². The Labute approximate surface area is 176 Å². The average Bonchev–Trinajstić information content (AvgIpc) is 3.50. The van der Waals surface area contributed by atoms with E-state index in [9.17, 15) is 9.59 Å². The van der Waals surface area contributed by atoms with Crippen molar-refractivity contribution in [3.05, 3.63) is 52.8 Å². The van der Waals surface area contributed by atoms with Gasteiger partial charge < -0.3 is 14.5 Å². The van der Waals surface area contributed by atoms with Gasteiger partial charge in [0.25, 0.3) is 11.8 Å². The van der Waals surface area contributed by atoms with Gasteiger partial charge in [-0.1, -0.05) is 24.3 Å².